The summed E-state index contributed by atoms with van der Waals surface area (Å²) in [4.78, 5) is 32.2. The molecule has 0 N–H and O–H groups in total. The molecule has 43 heavy (non-hydrogen) atoms. The Hall–Kier alpha value is -4.02. The normalized spacial score (nSPS) is 14.9. The highest BCUT2D eigenvalue weighted by Gasteiger charge is 2.33. The van der Waals surface area contributed by atoms with Gasteiger partial charge in [0.05, 0.1) is 32.0 Å². The van der Waals surface area contributed by atoms with E-state index >= 15 is 0 Å². The average Bonchev–Trinajstić information content (AvgIpc) is 3.30. The van der Waals surface area contributed by atoms with Crippen molar-refractivity contribution >= 4 is 56.7 Å². The van der Waals surface area contributed by atoms with Crippen LogP contribution in [0.2, 0.25) is 0 Å². The fourth-order valence-corrected chi connectivity index (χ4v) is 7.05. The number of halogens is 1. The Balaban J connectivity index is 1.34. The van der Waals surface area contributed by atoms with Crippen LogP contribution in [0, 0.1) is 10.5 Å². The molecule has 1 atom stereocenters. The van der Waals surface area contributed by atoms with Gasteiger partial charge in [-0.25, -0.2) is 9.79 Å². The summed E-state index contributed by atoms with van der Waals surface area (Å²) in [5.74, 6) is 0.318. The zero-order chi connectivity index (χ0) is 30.1. The summed E-state index contributed by atoms with van der Waals surface area (Å²) in [6.45, 7) is 6.26. The van der Waals surface area contributed by atoms with E-state index in [1.54, 1.807) is 18.4 Å². The van der Waals surface area contributed by atoms with E-state index in [4.69, 9.17) is 9.47 Å². The Morgan fingerprint density at radius 3 is 2.56 bits per heavy atom. The molecule has 0 saturated heterocycles. The number of benzene rings is 4. The molecule has 0 aliphatic carbocycles. The monoisotopic (exact) mass is 700 g/mol. The van der Waals surface area contributed by atoms with Gasteiger partial charge < -0.3 is 9.47 Å². The molecule has 2 heterocycles. The van der Waals surface area contributed by atoms with Crippen LogP contribution in [0.5, 0.6) is 5.75 Å². The number of nitrogens with zero attached hydrogens (tertiary/aromatic N) is 2. The van der Waals surface area contributed by atoms with Crippen molar-refractivity contribution in [3.8, 4) is 5.75 Å². The number of aryl methyl sites for hydroxylation is 1. The second kappa shape index (κ2) is 12.3. The predicted octanol–water partition coefficient (Wildman–Crippen LogP) is 6.44. The lowest BCUT2D eigenvalue weighted by Crippen LogP contribution is -2.39. The van der Waals surface area contributed by atoms with Gasteiger partial charge in [0.25, 0.3) is 5.56 Å². The van der Waals surface area contributed by atoms with Crippen LogP contribution in [-0.4, -0.2) is 17.1 Å². The van der Waals surface area contributed by atoms with E-state index < -0.39 is 12.0 Å². The lowest BCUT2D eigenvalue weighted by molar-refractivity contribution is -0.139. The lowest BCUT2D eigenvalue weighted by atomic mass is 9.95. The number of fused-ring (bicyclic) bond motifs is 2. The van der Waals surface area contributed by atoms with Gasteiger partial charge >= 0.3 is 5.97 Å². The van der Waals surface area contributed by atoms with Crippen molar-refractivity contribution in [1.29, 1.82) is 0 Å². The van der Waals surface area contributed by atoms with Gasteiger partial charge in [-0.05, 0) is 89.0 Å². The van der Waals surface area contributed by atoms with Crippen molar-refractivity contribution in [3.05, 3.63) is 142 Å². The van der Waals surface area contributed by atoms with Gasteiger partial charge in [-0.15, -0.1) is 0 Å². The molecule has 216 valence electrons. The quantitative estimate of drug-likeness (QED) is 0.145. The van der Waals surface area contributed by atoms with E-state index in [0.29, 0.717) is 27.2 Å². The zero-order valence-corrected chi connectivity index (χ0v) is 26.9. The topological polar surface area (TPSA) is 69.9 Å². The second-order valence-electron chi connectivity index (χ2n) is 10.3. The van der Waals surface area contributed by atoms with E-state index in [-0.39, 0.29) is 12.2 Å². The molecule has 0 unspecified atom stereocenters. The molecule has 4 aromatic carbocycles. The molecule has 0 fully saturated rings. The molecule has 0 bridgehead atoms. The Morgan fingerprint density at radius 1 is 1.02 bits per heavy atom. The van der Waals surface area contributed by atoms with Crippen molar-refractivity contribution in [2.45, 2.75) is 33.4 Å². The fourth-order valence-electron chi connectivity index (χ4n) is 5.30. The summed E-state index contributed by atoms with van der Waals surface area (Å²) in [5.41, 5.74) is 4.66. The number of rotatable bonds is 7. The SMILES string of the molecule is CCOC(=O)C1=C(C)N=c2s/c(=C/c3ccc(OCc4cccc5ccccc45)c(I)c3)c(=O)n2[C@@H]1c1ccc(C)cc1. The first-order valence-corrected chi connectivity index (χ1v) is 15.9. The van der Waals surface area contributed by atoms with E-state index in [1.165, 1.54) is 22.1 Å². The summed E-state index contributed by atoms with van der Waals surface area (Å²) in [5, 5.41) is 2.36. The van der Waals surface area contributed by atoms with Crippen LogP contribution in [0.3, 0.4) is 0 Å². The second-order valence-corrected chi connectivity index (χ2v) is 12.5. The van der Waals surface area contributed by atoms with Crippen molar-refractivity contribution in [3.63, 3.8) is 0 Å². The number of hydrogen-bond acceptors (Lipinski definition) is 6. The smallest absolute Gasteiger partial charge is 0.338 e. The fraction of sp³-hybridized carbons (Fsp3) is 0.171. The van der Waals surface area contributed by atoms with Crippen LogP contribution >= 0.6 is 33.9 Å². The number of esters is 1. The van der Waals surface area contributed by atoms with E-state index in [9.17, 15) is 9.59 Å². The van der Waals surface area contributed by atoms with Gasteiger partial charge in [0, 0.05) is 0 Å². The average molecular weight is 701 g/mol. The van der Waals surface area contributed by atoms with Gasteiger partial charge in [0.1, 0.15) is 12.4 Å². The van der Waals surface area contributed by atoms with Crippen LogP contribution < -0.4 is 19.6 Å². The summed E-state index contributed by atoms with van der Waals surface area (Å²) >= 11 is 3.58. The molecule has 0 saturated carbocycles. The molecular formula is C35H29IN2O4S. The van der Waals surface area contributed by atoms with Gasteiger partial charge in [0.15, 0.2) is 4.80 Å². The first-order chi connectivity index (χ1) is 20.8. The van der Waals surface area contributed by atoms with Crippen molar-refractivity contribution in [2.24, 2.45) is 4.99 Å². The molecule has 6 nitrogen and oxygen atoms in total. The number of allylic oxidation sites excluding steroid dienone is 1. The minimum atomic E-state index is -0.622. The Labute approximate surface area is 266 Å². The zero-order valence-electron chi connectivity index (χ0n) is 24.0. The number of thiazole rings is 1. The van der Waals surface area contributed by atoms with Crippen LogP contribution in [0.1, 0.15) is 42.1 Å². The van der Waals surface area contributed by atoms with Crippen LogP contribution in [0.15, 0.2) is 106 Å². The summed E-state index contributed by atoms with van der Waals surface area (Å²) in [6.07, 6.45) is 1.87. The van der Waals surface area contributed by atoms with Crippen LogP contribution in [-0.2, 0) is 16.1 Å². The van der Waals surface area contributed by atoms with Crippen LogP contribution in [0.4, 0.5) is 0 Å². The highest BCUT2D eigenvalue weighted by atomic mass is 127. The molecule has 1 aromatic heterocycles. The summed E-state index contributed by atoms with van der Waals surface area (Å²) < 4.78 is 14.7. The van der Waals surface area contributed by atoms with Gasteiger partial charge in [-0.3, -0.25) is 9.36 Å². The number of ether oxygens (including phenoxy) is 2. The van der Waals surface area contributed by atoms with Crippen molar-refractivity contribution in [2.75, 3.05) is 6.61 Å². The summed E-state index contributed by atoms with van der Waals surface area (Å²) in [6, 6.07) is 27.7. The summed E-state index contributed by atoms with van der Waals surface area (Å²) in [7, 11) is 0. The highest BCUT2D eigenvalue weighted by Crippen LogP contribution is 2.31. The molecule has 1 aliphatic heterocycles. The maximum atomic E-state index is 13.9. The molecule has 1 aliphatic rings. The third-order valence-electron chi connectivity index (χ3n) is 7.43. The molecule has 6 rings (SSSR count). The van der Waals surface area contributed by atoms with E-state index in [2.05, 4.69) is 51.8 Å². The third kappa shape index (κ3) is 5.81. The predicted molar refractivity (Wildman–Crippen MR) is 179 cm³/mol. The molecule has 8 heteroatoms. The largest absolute Gasteiger partial charge is 0.488 e. The van der Waals surface area contributed by atoms with Crippen molar-refractivity contribution < 1.29 is 14.3 Å². The standard InChI is InChI=1S/C35H29IN2O4S/c1-4-41-34(40)31-22(3)37-35-38(32(31)25-15-12-21(2)13-16-25)33(39)30(43-35)19-23-14-17-29(28(36)18-23)42-20-26-10-7-9-24-8-5-6-11-27(24)26/h5-19,32H,4,20H2,1-3H3/b30-19+/t32-/m1/s1. The highest BCUT2D eigenvalue weighted by molar-refractivity contribution is 14.1. The van der Waals surface area contributed by atoms with Gasteiger partial charge in [0.2, 0.25) is 0 Å². The number of carbonyl (C=O) groups is 1. The maximum absolute atomic E-state index is 13.9. The molecule has 5 aromatic rings. The Morgan fingerprint density at radius 2 is 1.79 bits per heavy atom. The molecule has 0 amide bonds. The number of hydrogen-bond donors (Lipinski definition) is 0. The number of aromatic nitrogens is 1. The first-order valence-electron chi connectivity index (χ1n) is 14.0. The van der Waals surface area contributed by atoms with E-state index in [1.807, 2.05) is 73.7 Å². The molecular weight excluding hydrogens is 671 g/mol. The lowest BCUT2D eigenvalue weighted by Gasteiger charge is -2.24. The van der Waals surface area contributed by atoms with Gasteiger partial charge in [-0.2, -0.15) is 0 Å². The minimum Gasteiger partial charge on any atom is -0.488 e. The molecule has 0 spiro atoms. The Kier molecular flexibility index (Phi) is 8.32. The van der Waals surface area contributed by atoms with E-state index in [0.717, 1.165) is 31.6 Å². The number of carbonyl (C=O) groups excluding carboxylic acids is 1. The molecule has 0 radical (unpaired) electrons. The van der Waals surface area contributed by atoms with Crippen molar-refractivity contribution in [1.82, 2.24) is 4.57 Å². The van der Waals surface area contributed by atoms with Gasteiger partial charge in [-0.1, -0.05) is 89.7 Å². The first kappa shape index (κ1) is 29.1. The maximum Gasteiger partial charge on any atom is 0.338 e. The Bertz CT molecular complexity index is 2070. The minimum absolute atomic E-state index is 0.199. The van der Waals surface area contributed by atoms with Crippen LogP contribution in [0.25, 0.3) is 16.8 Å². The third-order valence-corrected chi connectivity index (χ3v) is 9.25.